The second-order valence-corrected chi connectivity index (χ2v) is 4.63. The first-order valence-electron chi connectivity index (χ1n) is 7.21. The number of carbonyl (C=O) groups excluding carboxylic acids is 1. The zero-order valence-corrected chi connectivity index (χ0v) is 13.4. The van der Waals surface area contributed by atoms with Gasteiger partial charge in [0.1, 0.15) is 11.5 Å². The van der Waals surface area contributed by atoms with Crippen LogP contribution in [0.15, 0.2) is 47.5 Å². The van der Waals surface area contributed by atoms with E-state index in [1.54, 1.807) is 57.7 Å². The molecule has 0 heterocycles. The van der Waals surface area contributed by atoms with E-state index in [4.69, 9.17) is 14.2 Å². The molecule has 0 radical (unpaired) electrons. The summed E-state index contributed by atoms with van der Waals surface area (Å²) in [5.41, 5.74) is 2.08. The smallest absolute Gasteiger partial charge is 0.338 e. The molecule has 0 fully saturated rings. The predicted octanol–water partition coefficient (Wildman–Crippen LogP) is 3.63. The molecule has 0 saturated heterocycles. The molecule has 0 aliphatic carbocycles. The highest BCUT2D eigenvalue weighted by Gasteiger charge is 2.05. The van der Waals surface area contributed by atoms with E-state index in [-0.39, 0.29) is 5.97 Å². The Hall–Kier alpha value is -2.82. The molecule has 2 aromatic rings. The van der Waals surface area contributed by atoms with Crippen LogP contribution < -0.4 is 9.47 Å². The lowest BCUT2D eigenvalue weighted by Gasteiger charge is -2.07. The van der Waals surface area contributed by atoms with Gasteiger partial charge in [0.15, 0.2) is 0 Å². The second-order valence-electron chi connectivity index (χ2n) is 4.63. The van der Waals surface area contributed by atoms with Crippen LogP contribution in [-0.4, -0.2) is 33.0 Å². The fourth-order valence-corrected chi connectivity index (χ4v) is 1.97. The number of esters is 1. The molecule has 0 saturated carbocycles. The predicted molar refractivity (Wildman–Crippen MR) is 89.2 cm³/mol. The van der Waals surface area contributed by atoms with Crippen molar-refractivity contribution < 1.29 is 19.0 Å². The van der Waals surface area contributed by atoms with Crippen LogP contribution in [0.4, 0.5) is 5.69 Å². The minimum absolute atomic E-state index is 0.333. The monoisotopic (exact) mass is 313 g/mol. The lowest BCUT2D eigenvalue weighted by atomic mass is 10.2. The molecule has 0 unspecified atom stereocenters. The van der Waals surface area contributed by atoms with Crippen molar-refractivity contribution in [3.8, 4) is 11.5 Å². The molecule has 0 spiro atoms. The Morgan fingerprint density at radius 2 is 1.83 bits per heavy atom. The Labute approximate surface area is 135 Å². The van der Waals surface area contributed by atoms with Crippen molar-refractivity contribution in [2.24, 2.45) is 4.99 Å². The number of rotatable bonds is 6. The van der Waals surface area contributed by atoms with Gasteiger partial charge in [0.25, 0.3) is 0 Å². The third-order valence-corrected chi connectivity index (χ3v) is 3.17. The van der Waals surface area contributed by atoms with E-state index in [9.17, 15) is 4.79 Å². The zero-order valence-electron chi connectivity index (χ0n) is 13.4. The SMILES string of the molecule is CCOC(=O)c1ccc(/N=C/c2ccc(OC)cc2OC)cc1. The maximum absolute atomic E-state index is 11.6. The Kier molecular flexibility index (Phi) is 5.74. The lowest BCUT2D eigenvalue weighted by Crippen LogP contribution is -2.03. The molecule has 2 rings (SSSR count). The van der Waals surface area contributed by atoms with Crippen molar-refractivity contribution in [1.29, 1.82) is 0 Å². The molecule has 5 nitrogen and oxygen atoms in total. The first-order valence-corrected chi connectivity index (χ1v) is 7.21. The third kappa shape index (κ3) is 4.32. The maximum atomic E-state index is 11.6. The Bertz CT molecular complexity index is 693. The van der Waals surface area contributed by atoms with E-state index in [2.05, 4.69) is 4.99 Å². The van der Waals surface area contributed by atoms with Gasteiger partial charge in [-0.05, 0) is 43.3 Å². The van der Waals surface area contributed by atoms with Crippen LogP contribution in [0.25, 0.3) is 0 Å². The van der Waals surface area contributed by atoms with Crippen LogP contribution in [0.2, 0.25) is 0 Å². The van der Waals surface area contributed by atoms with Crippen LogP contribution in [0.1, 0.15) is 22.8 Å². The molecule has 120 valence electrons. The van der Waals surface area contributed by atoms with Crippen molar-refractivity contribution in [2.75, 3.05) is 20.8 Å². The van der Waals surface area contributed by atoms with Gasteiger partial charge in [-0.25, -0.2) is 4.79 Å². The molecule has 0 bridgehead atoms. The van der Waals surface area contributed by atoms with Crippen LogP contribution in [0, 0.1) is 0 Å². The number of carbonyl (C=O) groups is 1. The average Bonchev–Trinajstić information content (AvgIpc) is 2.60. The molecule has 0 atom stereocenters. The number of ether oxygens (including phenoxy) is 3. The van der Waals surface area contributed by atoms with E-state index < -0.39 is 0 Å². The molecular weight excluding hydrogens is 294 g/mol. The van der Waals surface area contributed by atoms with E-state index in [0.717, 1.165) is 17.0 Å². The highest BCUT2D eigenvalue weighted by Crippen LogP contribution is 2.24. The summed E-state index contributed by atoms with van der Waals surface area (Å²) >= 11 is 0. The van der Waals surface area contributed by atoms with Crippen LogP contribution >= 0.6 is 0 Å². The molecule has 0 aliphatic rings. The Balaban J connectivity index is 2.15. The first-order chi connectivity index (χ1) is 11.2. The van der Waals surface area contributed by atoms with Crippen LogP contribution in [-0.2, 0) is 4.74 Å². The summed E-state index contributed by atoms with van der Waals surface area (Å²) in [6.45, 7) is 2.13. The molecule has 0 N–H and O–H groups in total. The molecule has 5 heteroatoms. The van der Waals surface area contributed by atoms with Gasteiger partial charge in [0.05, 0.1) is 32.1 Å². The van der Waals surface area contributed by atoms with Crippen molar-refractivity contribution in [3.63, 3.8) is 0 Å². The van der Waals surface area contributed by atoms with E-state index >= 15 is 0 Å². The summed E-state index contributed by atoms with van der Waals surface area (Å²) in [6, 6.07) is 12.4. The van der Waals surface area contributed by atoms with Gasteiger partial charge < -0.3 is 14.2 Å². The molecule has 23 heavy (non-hydrogen) atoms. The summed E-state index contributed by atoms with van der Waals surface area (Å²) in [4.78, 5) is 16.0. The normalized spacial score (nSPS) is 10.6. The summed E-state index contributed by atoms with van der Waals surface area (Å²) in [7, 11) is 3.20. The first kappa shape index (κ1) is 16.5. The highest BCUT2D eigenvalue weighted by atomic mass is 16.5. The Morgan fingerprint density at radius 1 is 1.09 bits per heavy atom. The molecule has 0 aliphatic heterocycles. The van der Waals surface area contributed by atoms with E-state index in [1.165, 1.54) is 0 Å². The largest absolute Gasteiger partial charge is 0.497 e. The van der Waals surface area contributed by atoms with E-state index in [1.807, 2.05) is 12.1 Å². The number of aliphatic imine (C=N–C) groups is 1. The summed E-state index contributed by atoms with van der Waals surface area (Å²) in [5.74, 6) is 1.06. The van der Waals surface area contributed by atoms with Gasteiger partial charge in [-0.2, -0.15) is 0 Å². The minimum Gasteiger partial charge on any atom is -0.497 e. The van der Waals surface area contributed by atoms with Gasteiger partial charge in [0, 0.05) is 17.8 Å². The number of nitrogens with zero attached hydrogens (tertiary/aromatic N) is 1. The topological polar surface area (TPSA) is 57.1 Å². The number of benzene rings is 2. The standard InChI is InChI=1S/C18H19NO4/c1-4-23-18(20)13-5-8-15(9-6-13)19-12-14-7-10-16(21-2)11-17(14)22-3/h5-12H,4H2,1-3H3/b19-12+. The molecular formula is C18H19NO4. The van der Waals surface area contributed by atoms with Crippen LogP contribution in [0.3, 0.4) is 0 Å². The zero-order chi connectivity index (χ0) is 16.7. The van der Waals surface area contributed by atoms with Crippen molar-refractivity contribution >= 4 is 17.9 Å². The quantitative estimate of drug-likeness (QED) is 0.603. The third-order valence-electron chi connectivity index (χ3n) is 3.17. The van der Waals surface area contributed by atoms with Crippen LogP contribution in [0.5, 0.6) is 11.5 Å². The fraction of sp³-hybridized carbons (Fsp3) is 0.222. The van der Waals surface area contributed by atoms with Gasteiger partial charge in [-0.15, -0.1) is 0 Å². The van der Waals surface area contributed by atoms with Gasteiger partial charge in [-0.1, -0.05) is 0 Å². The average molecular weight is 313 g/mol. The van der Waals surface area contributed by atoms with E-state index in [0.29, 0.717) is 17.9 Å². The molecule has 0 amide bonds. The lowest BCUT2D eigenvalue weighted by molar-refractivity contribution is 0.0526. The van der Waals surface area contributed by atoms with Crippen molar-refractivity contribution in [2.45, 2.75) is 6.92 Å². The number of hydrogen-bond donors (Lipinski definition) is 0. The van der Waals surface area contributed by atoms with Crippen molar-refractivity contribution in [3.05, 3.63) is 53.6 Å². The van der Waals surface area contributed by atoms with Gasteiger partial charge in [0.2, 0.25) is 0 Å². The highest BCUT2D eigenvalue weighted by molar-refractivity contribution is 5.90. The summed E-state index contributed by atoms with van der Waals surface area (Å²) in [5, 5.41) is 0. The Morgan fingerprint density at radius 3 is 2.43 bits per heavy atom. The number of methoxy groups -OCH3 is 2. The number of hydrogen-bond acceptors (Lipinski definition) is 5. The molecule has 0 aromatic heterocycles. The maximum Gasteiger partial charge on any atom is 0.338 e. The second kappa shape index (κ2) is 7.98. The molecule has 2 aromatic carbocycles. The van der Waals surface area contributed by atoms with Gasteiger partial charge in [-0.3, -0.25) is 4.99 Å². The summed E-state index contributed by atoms with van der Waals surface area (Å²) in [6.07, 6.45) is 1.71. The van der Waals surface area contributed by atoms with Gasteiger partial charge >= 0.3 is 5.97 Å². The fourth-order valence-electron chi connectivity index (χ4n) is 1.97. The van der Waals surface area contributed by atoms with Crippen molar-refractivity contribution in [1.82, 2.24) is 0 Å². The summed E-state index contributed by atoms with van der Waals surface area (Å²) < 4.78 is 15.4. The minimum atomic E-state index is -0.333.